The molecule has 0 radical (unpaired) electrons. The van der Waals surface area contributed by atoms with Gasteiger partial charge in [-0.1, -0.05) is 0 Å². The van der Waals surface area contributed by atoms with E-state index in [1.54, 1.807) is 20.8 Å². The van der Waals surface area contributed by atoms with Gasteiger partial charge in [0.25, 0.3) is 5.91 Å². The van der Waals surface area contributed by atoms with E-state index in [0.29, 0.717) is 12.0 Å². The molecule has 0 saturated carbocycles. The summed E-state index contributed by atoms with van der Waals surface area (Å²) in [7, 11) is 0. The lowest BCUT2D eigenvalue weighted by Crippen LogP contribution is -2.35. The van der Waals surface area contributed by atoms with Gasteiger partial charge in [-0.3, -0.25) is 10.2 Å². The van der Waals surface area contributed by atoms with Crippen LogP contribution in [0.2, 0.25) is 0 Å². The van der Waals surface area contributed by atoms with Crippen LogP contribution in [0.5, 0.6) is 0 Å². The fraction of sp³-hybridized carbons (Fsp3) is 0.375. The van der Waals surface area contributed by atoms with Gasteiger partial charge in [0.15, 0.2) is 0 Å². The third-order valence-electron chi connectivity index (χ3n) is 2.58. The highest BCUT2D eigenvalue weighted by Gasteiger charge is 2.16. The van der Waals surface area contributed by atoms with E-state index in [9.17, 15) is 19.2 Å². The molecule has 0 fully saturated rings. The zero-order valence-corrected chi connectivity index (χ0v) is 14.3. The van der Waals surface area contributed by atoms with E-state index in [4.69, 9.17) is 4.74 Å². The van der Waals surface area contributed by atoms with Crippen LogP contribution in [0.4, 0.5) is 10.5 Å². The summed E-state index contributed by atoms with van der Waals surface area (Å²) in [6, 6.07) is 5.95. The van der Waals surface area contributed by atoms with Crippen molar-refractivity contribution in [3.63, 3.8) is 0 Å². The molecule has 25 heavy (non-hydrogen) atoms. The summed E-state index contributed by atoms with van der Waals surface area (Å²) in [6.45, 7) is 5.22. The average Bonchev–Trinajstić information content (AvgIpc) is 2.55. The topological polar surface area (TPSA) is 123 Å². The number of carbonyl (C=O) groups excluding carboxylic acids is 4. The molecule has 2 amide bonds. The number of aldehydes is 1. The van der Waals surface area contributed by atoms with Crippen LogP contribution < -0.4 is 16.3 Å². The molecule has 0 saturated heterocycles. The van der Waals surface area contributed by atoms with Crippen LogP contribution in [0.15, 0.2) is 24.3 Å². The predicted molar refractivity (Wildman–Crippen MR) is 88.3 cm³/mol. The number of hydrogen-bond acceptors (Lipinski definition) is 7. The molecule has 136 valence electrons. The molecule has 1 aromatic rings. The Morgan fingerprint density at radius 3 is 2.32 bits per heavy atom. The maximum atomic E-state index is 11.7. The van der Waals surface area contributed by atoms with Crippen molar-refractivity contribution in [1.29, 1.82) is 0 Å². The third kappa shape index (κ3) is 8.35. The Morgan fingerprint density at radius 2 is 1.76 bits per heavy atom. The van der Waals surface area contributed by atoms with E-state index < -0.39 is 23.6 Å². The summed E-state index contributed by atoms with van der Waals surface area (Å²) in [5.41, 5.74) is 7.02. The summed E-state index contributed by atoms with van der Waals surface area (Å²) in [5, 5.41) is 0. The van der Waals surface area contributed by atoms with Crippen LogP contribution >= 0.6 is 0 Å². The van der Waals surface area contributed by atoms with E-state index in [-0.39, 0.29) is 18.4 Å². The summed E-state index contributed by atoms with van der Waals surface area (Å²) < 4.78 is 5.06. The van der Waals surface area contributed by atoms with Crippen molar-refractivity contribution in [3.05, 3.63) is 29.8 Å². The number of hydrogen-bond donors (Lipinski definition) is 3. The second kappa shape index (κ2) is 9.26. The standard InChI is InChI=1S/C16H21N3O6/c1-16(2,3)24-15(23)18-17-12-8-6-11(7-9-12)14(22)25-19-13(21)5-4-10-20/h6-10,17H,4-5H2,1-3H3,(H,18,23)(H,19,21). The molecule has 1 rings (SSSR count). The van der Waals surface area contributed by atoms with Crippen molar-refractivity contribution in [3.8, 4) is 0 Å². The normalized spacial score (nSPS) is 10.4. The van der Waals surface area contributed by atoms with Gasteiger partial charge in [-0.25, -0.2) is 15.0 Å². The lowest BCUT2D eigenvalue weighted by atomic mass is 10.2. The highest BCUT2D eigenvalue weighted by Crippen LogP contribution is 2.10. The number of hydroxylamine groups is 1. The van der Waals surface area contributed by atoms with Gasteiger partial charge in [-0.15, -0.1) is 0 Å². The number of ether oxygens (including phenoxy) is 1. The molecule has 9 heteroatoms. The number of nitrogens with one attached hydrogen (secondary N) is 3. The van der Waals surface area contributed by atoms with Crippen LogP contribution in [-0.2, 0) is 19.2 Å². The minimum Gasteiger partial charge on any atom is -0.443 e. The number of benzene rings is 1. The molecule has 0 unspecified atom stereocenters. The zero-order chi connectivity index (χ0) is 18.9. The van der Waals surface area contributed by atoms with Gasteiger partial charge in [0, 0.05) is 12.8 Å². The first-order valence-corrected chi connectivity index (χ1v) is 7.50. The van der Waals surface area contributed by atoms with Gasteiger partial charge < -0.3 is 14.4 Å². The van der Waals surface area contributed by atoms with E-state index in [0.717, 1.165) is 0 Å². The number of anilines is 1. The minimum atomic E-state index is -0.758. The van der Waals surface area contributed by atoms with Crippen LogP contribution in [0.1, 0.15) is 44.0 Å². The smallest absolute Gasteiger partial charge is 0.426 e. The zero-order valence-electron chi connectivity index (χ0n) is 14.3. The lowest BCUT2D eigenvalue weighted by Gasteiger charge is -2.20. The van der Waals surface area contributed by atoms with Crippen LogP contribution in [0.25, 0.3) is 0 Å². The molecule has 0 atom stereocenters. The van der Waals surface area contributed by atoms with Crippen molar-refractivity contribution < 1.29 is 28.8 Å². The first-order chi connectivity index (χ1) is 11.7. The maximum absolute atomic E-state index is 11.7. The summed E-state index contributed by atoms with van der Waals surface area (Å²) >= 11 is 0. The van der Waals surface area contributed by atoms with E-state index >= 15 is 0 Å². The minimum absolute atomic E-state index is 0.0500. The highest BCUT2D eigenvalue weighted by atomic mass is 16.7. The predicted octanol–water partition coefficient (Wildman–Crippen LogP) is 1.71. The number of hydrazine groups is 1. The highest BCUT2D eigenvalue weighted by molar-refractivity contribution is 5.91. The Kier molecular flexibility index (Phi) is 7.39. The molecule has 1 aromatic carbocycles. The third-order valence-corrected chi connectivity index (χ3v) is 2.58. The quantitative estimate of drug-likeness (QED) is 0.526. The molecule has 0 aliphatic heterocycles. The number of amides is 2. The SMILES string of the molecule is CC(C)(C)OC(=O)NNc1ccc(C(=O)ONC(=O)CCC=O)cc1. The lowest BCUT2D eigenvalue weighted by molar-refractivity contribution is -0.130. The van der Waals surface area contributed by atoms with E-state index in [2.05, 4.69) is 15.7 Å². The monoisotopic (exact) mass is 351 g/mol. The summed E-state index contributed by atoms with van der Waals surface area (Å²) in [4.78, 5) is 49.2. The van der Waals surface area contributed by atoms with Gasteiger partial charge in [0.1, 0.15) is 11.9 Å². The van der Waals surface area contributed by atoms with Crippen molar-refractivity contribution in [2.24, 2.45) is 0 Å². The Bertz CT molecular complexity index is 622. The molecule has 0 aromatic heterocycles. The van der Waals surface area contributed by atoms with Crippen LogP contribution in [0, 0.1) is 0 Å². The van der Waals surface area contributed by atoms with Gasteiger partial charge >= 0.3 is 12.1 Å². The second-order valence-electron chi connectivity index (χ2n) is 5.95. The first kappa shape index (κ1) is 19.9. The van der Waals surface area contributed by atoms with Crippen LogP contribution in [-0.4, -0.2) is 29.9 Å². The Hall–Kier alpha value is -3.10. The molecule has 0 spiro atoms. The van der Waals surface area contributed by atoms with Crippen molar-refractivity contribution in [1.82, 2.24) is 10.9 Å². The van der Waals surface area contributed by atoms with Crippen molar-refractivity contribution in [2.45, 2.75) is 39.2 Å². The number of rotatable bonds is 6. The molecule has 9 nitrogen and oxygen atoms in total. The summed E-state index contributed by atoms with van der Waals surface area (Å²) in [5.74, 6) is -1.33. The Morgan fingerprint density at radius 1 is 1.12 bits per heavy atom. The van der Waals surface area contributed by atoms with Gasteiger partial charge in [0.05, 0.1) is 11.3 Å². The molecule has 0 bridgehead atoms. The first-order valence-electron chi connectivity index (χ1n) is 7.50. The van der Waals surface area contributed by atoms with E-state index in [1.165, 1.54) is 24.3 Å². The average molecular weight is 351 g/mol. The molecule has 0 aliphatic carbocycles. The maximum Gasteiger partial charge on any atom is 0.426 e. The molecular formula is C16H21N3O6. The molecule has 0 aliphatic rings. The van der Waals surface area contributed by atoms with Crippen molar-refractivity contribution >= 4 is 29.9 Å². The molecular weight excluding hydrogens is 330 g/mol. The number of carbonyl (C=O) groups is 4. The second-order valence-corrected chi connectivity index (χ2v) is 5.95. The van der Waals surface area contributed by atoms with Crippen LogP contribution in [0.3, 0.4) is 0 Å². The summed E-state index contributed by atoms with van der Waals surface area (Å²) in [6.07, 6.45) is -0.0583. The fourth-order valence-corrected chi connectivity index (χ4v) is 1.52. The fourth-order valence-electron chi connectivity index (χ4n) is 1.52. The Labute approximate surface area is 145 Å². The molecule has 3 N–H and O–H groups in total. The Balaban J connectivity index is 2.44. The van der Waals surface area contributed by atoms with Gasteiger partial charge in [-0.05, 0) is 45.0 Å². The molecule has 0 heterocycles. The van der Waals surface area contributed by atoms with Gasteiger partial charge in [-0.2, -0.15) is 5.48 Å². The largest absolute Gasteiger partial charge is 0.443 e. The van der Waals surface area contributed by atoms with Gasteiger partial charge in [0.2, 0.25) is 0 Å². The van der Waals surface area contributed by atoms with Crippen molar-refractivity contribution in [2.75, 3.05) is 5.43 Å². The van der Waals surface area contributed by atoms with E-state index in [1.807, 2.05) is 5.48 Å².